The third kappa shape index (κ3) is 3.79. The van der Waals surface area contributed by atoms with Crippen LogP contribution in [0, 0.1) is 13.8 Å². The quantitative estimate of drug-likeness (QED) is 0.631. The van der Waals surface area contributed by atoms with Crippen molar-refractivity contribution in [1.82, 2.24) is 5.16 Å². The Morgan fingerprint density at radius 2 is 1.56 bits per heavy atom. The number of fused-ring (bicyclic) bond motifs is 1. The summed E-state index contributed by atoms with van der Waals surface area (Å²) >= 11 is 0. The normalized spacial score (nSPS) is 10.7. The van der Waals surface area contributed by atoms with Gasteiger partial charge in [0.1, 0.15) is 5.69 Å². The zero-order chi connectivity index (χ0) is 19.7. The second-order valence-electron chi connectivity index (χ2n) is 6.20. The van der Waals surface area contributed by atoms with Crippen LogP contribution >= 0.6 is 0 Å². The Labute approximate surface area is 153 Å². The zero-order valence-electron chi connectivity index (χ0n) is 14.6. The van der Waals surface area contributed by atoms with E-state index in [0.29, 0.717) is 11.3 Å². The Morgan fingerprint density at radius 3 is 2.15 bits per heavy atom. The van der Waals surface area contributed by atoms with Crippen LogP contribution in [0.2, 0.25) is 0 Å². The number of hydrogen-bond acceptors (Lipinski definition) is 5. The number of anilines is 1. The third-order valence-electron chi connectivity index (χ3n) is 4.20. The fourth-order valence-corrected chi connectivity index (χ4v) is 2.68. The van der Waals surface area contributed by atoms with Crippen LogP contribution in [-0.2, 0) is 11.2 Å². The molecule has 1 amide bonds. The molecule has 0 bridgehead atoms. The minimum absolute atomic E-state index is 0.0807. The van der Waals surface area contributed by atoms with Gasteiger partial charge in [0, 0.05) is 11.1 Å². The van der Waals surface area contributed by atoms with E-state index in [1.807, 2.05) is 26.0 Å². The first-order chi connectivity index (χ1) is 12.7. The maximum absolute atomic E-state index is 12.4. The predicted molar refractivity (Wildman–Crippen MR) is 96.2 cm³/mol. The highest BCUT2D eigenvalue weighted by molar-refractivity contribution is 5.99. The molecule has 0 aliphatic heterocycles. The summed E-state index contributed by atoms with van der Waals surface area (Å²) in [5.41, 5.74) is 2.71. The molecule has 0 aliphatic carbocycles. The number of carbonyl (C=O) groups is 3. The van der Waals surface area contributed by atoms with Crippen LogP contribution in [0.15, 0.2) is 34.9 Å². The van der Waals surface area contributed by atoms with Crippen LogP contribution < -0.4 is 5.32 Å². The van der Waals surface area contributed by atoms with E-state index in [4.69, 9.17) is 14.7 Å². The Kier molecular flexibility index (Phi) is 4.64. The lowest BCUT2D eigenvalue weighted by Crippen LogP contribution is -2.16. The number of benzene rings is 2. The Balaban J connectivity index is 1.85. The molecule has 27 heavy (non-hydrogen) atoms. The van der Waals surface area contributed by atoms with E-state index in [1.54, 1.807) is 0 Å². The average Bonchev–Trinajstić information content (AvgIpc) is 2.96. The van der Waals surface area contributed by atoms with Crippen molar-refractivity contribution in [3.63, 3.8) is 0 Å². The van der Waals surface area contributed by atoms with Gasteiger partial charge in [-0.3, -0.25) is 4.79 Å². The van der Waals surface area contributed by atoms with E-state index in [9.17, 15) is 14.4 Å². The first-order valence-corrected chi connectivity index (χ1v) is 8.01. The van der Waals surface area contributed by atoms with Gasteiger partial charge in [-0.25, -0.2) is 9.59 Å². The topological polar surface area (TPSA) is 130 Å². The second-order valence-corrected chi connectivity index (χ2v) is 6.20. The molecular weight excluding hydrogens is 352 g/mol. The molecule has 3 aromatic rings. The van der Waals surface area contributed by atoms with Crippen LogP contribution in [-0.4, -0.2) is 33.2 Å². The molecule has 0 atom stereocenters. The molecule has 3 rings (SSSR count). The largest absolute Gasteiger partial charge is 0.478 e. The molecule has 0 aliphatic rings. The molecule has 1 heterocycles. The summed E-state index contributed by atoms with van der Waals surface area (Å²) in [6.07, 6.45) is -0.102. The van der Waals surface area contributed by atoms with Crippen LogP contribution in [0.4, 0.5) is 5.69 Å². The number of carboxylic acid groups (broad SMARTS) is 2. The zero-order valence-corrected chi connectivity index (χ0v) is 14.6. The number of nitrogens with zero attached hydrogens (tertiary/aromatic N) is 1. The molecule has 8 heteroatoms. The summed E-state index contributed by atoms with van der Waals surface area (Å²) in [5.74, 6) is -3.05. The van der Waals surface area contributed by atoms with Crippen LogP contribution in [0.1, 0.15) is 37.5 Å². The Bertz CT molecular complexity index is 1050. The summed E-state index contributed by atoms with van der Waals surface area (Å²) in [5, 5.41) is 25.4. The van der Waals surface area contributed by atoms with Crippen molar-refractivity contribution in [3.05, 3.63) is 58.3 Å². The fraction of sp³-hybridized carbons (Fsp3) is 0.158. The number of carboxylic acids is 2. The number of aryl methyl sites for hydroxylation is 2. The van der Waals surface area contributed by atoms with E-state index in [2.05, 4.69) is 10.5 Å². The third-order valence-corrected chi connectivity index (χ3v) is 4.20. The maximum Gasteiger partial charge on any atom is 0.335 e. The van der Waals surface area contributed by atoms with E-state index >= 15 is 0 Å². The number of aromatic nitrogens is 1. The van der Waals surface area contributed by atoms with E-state index in [1.165, 1.54) is 12.1 Å². The first kappa shape index (κ1) is 18.1. The molecule has 0 saturated heterocycles. The molecule has 3 N–H and O–H groups in total. The monoisotopic (exact) mass is 368 g/mol. The summed E-state index contributed by atoms with van der Waals surface area (Å²) < 4.78 is 5.25. The summed E-state index contributed by atoms with van der Waals surface area (Å²) in [6.45, 7) is 3.88. The smallest absolute Gasteiger partial charge is 0.335 e. The Hall–Kier alpha value is -3.68. The van der Waals surface area contributed by atoms with E-state index in [-0.39, 0.29) is 23.2 Å². The number of rotatable bonds is 5. The molecule has 0 radical (unpaired) electrons. The molecule has 0 saturated carbocycles. The maximum atomic E-state index is 12.4. The van der Waals surface area contributed by atoms with Gasteiger partial charge in [0.15, 0.2) is 5.58 Å². The summed E-state index contributed by atoms with van der Waals surface area (Å²) in [6, 6.07) is 7.14. The minimum atomic E-state index is -1.29. The van der Waals surface area contributed by atoms with Crippen LogP contribution in [0.5, 0.6) is 0 Å². The number of amides is 1. The summed E-state index contributed by atoms with van der Waals surface area (Å²) in [4.78, 5) is 34.6. The van der Waals surface area contributed by atoms with Gasteiger partial charge in [0.25, 0.3) is 0 Å². The van der Waals surface area contributed by atoms with Gasteiger partial charge < -0.3 is 20.1 Å². The number of aromatic carboxylic acids is 2. The van der Waals surface area contributed by atoms with Gasteiger partial charge in [-0.2, -0.15) is 0 Å². The lowest BCUT2D eigenvalue weighted by atomic mass is 10.1. The number of hydrogen-bond donors (Lipinski definition) is 3. The van der Waals surface area contributed by atoms with Crippen molar-refractivity contribution in [1.29, 1.82) is 0 Å². The van der Waals surface area contributed by atoms with Crippen molar-refractivity contribution in [3.8, 4) is 0 Å². The fourth-order valence-electron chi connectivity index (χ4n) is 2.68. The first-order valence-electron chi connectivity index (χ1n) is 8.01. The van der Waals surface area contributed by atoms with Crippen molar-refractivity contribution in [2.24, 2.45) is 0 Å². The SMILES string of the molecule is Cc1cc2onc(CC(=O)Nc3cc(C(=O)O)cc(C(=O)O)c3)c2cc1C. The average molecular weight is 368 g/mol. The van der Waals surface area contributed by atoms with Crippen molar-refractivity contribution >= 4 is 34.5 Å². The number of nitrogens with one attached hydrogen (secondary N) is 1. The van der Waals surface area contributed by atoms with Crippen molar-refractivity contribution < 1.29 is 29.1 Å². The van der Waals surface area contributed by atoms with E-state index < -0.39 is 17.8 Å². The van der Waals surface area contributed by atoms with Gasteiger partial charge in [0.05, 0.1) is 17.5 Å². The molecule has 2 aromatic carbocycles. The van der Waals surface area contributed by atoms with Gasteiger partial charge >= 0.3 is 11.9 Å². The van der Waals surface area contributed by atoms with E-state index in [0.717, 1.165) is 22.6 Å². The Morgan fingerprint density at radius 1 is 0.963 bits per heavy atom. The lowest BCUT2D eigenvalue weighted by molar-refractivity contribution is -0.115. The lowest BCUT2D eigenvalue weighted by Gasteiger charge is -2.07. The van der Waals surface area contributed by atoms with Crippen molar-refractivity contribution in [2.45, 2.75) is 20.3 Å². The highest BCUT2D eigenvalue weighted by atomic mass is 16.5. The molecule has 8 nitrogen and oxygen atoms in total. The molecular formula is C19H16N2O6. The molecule has 1 aromatic heterocycles. The standard InChI is InChI=1S/C19H16N2O6/c1-9-3-14-15(21-27-16(14)4-10(9)2)8-17(22)20-13-6-11(18(23)24)5-12(7-13)19(25)26/h3-7H,8H2,1-2H3,(H,20,22)(H,23,24)(H,25,26). The number of carbonyl (C=O) groups excluding carboxylic acids is 1. The van der Waals surface area contributed by atoms with Gasteiger partial charge in [-0.05, 0) is 55.3 Å². The van der Waals surface area contributed by atoms with Gasteiger partial charge in [-0.1, -0.05) is 5.16 Å². The molecule has 138 valence electrons. The summed E-state index contributed by atoms with van der Waals surface area (Å²) in [7, 11) is 0. The molecule has 0 fully saturated rings. The van der Waals surface area contributed by atoms with Gasteiger partial charge in [-0.15, -0.1) is 0 Å². The second kappa shape index (κ2) is 6.91. The van der Waals surface area contributed by atoms with Crippen LogP contribution in [0.25, 0.3) is 11.0 Å². The van der Waals surface area contributed by atoms with Crippen molar-refractivity contribution in [2.75, 3.05) is 5.32 Å². The molecule has 0 spiro atoms. The highest BCUT2D eigenvalue weighted by Crippen LogP contribution is 2.23. The molecule has 0 unspecified atom stereocenters. The highest BCUT2D eigenvalue weighted by Gasteiger charge is 2.16. The minimum Gasteiger partial charge on any atom is -0.478 e. The van der Waals surface area contributed by atoms with Gasteiger partial charge in [0.2, 0.25) is 5.91 Å². The van der Waals surface area contributed by atoms with Crippen LogP contribution in [0.3, 0.4) is 0 Å². The predicted octanol–water partition coefficient (Wildman–Crippen LogP) is 3.02.